The molecule has 4 heterocycles. The third-order valence-electron chi connectivity index (χ3n) is 16.1. The molecule has 0 saturated heterocycles. The Hall–Kier alpha value is -8.42. The van der Waals surface area contributed by atoms with E-state index in [1.54, 1.807) is 12.4 Å². The highest BCUT2D eigenvalue weighted by molar-refractivity contribution is 9.09. The van der Waals surface area contributed by atoms with Crippen LogP contribution in [0.25, 0.3) is 0 Å². The highest BCUT2D eigenvalue weighted by atomic mass is 79.9. The van der Waals surface area contributed by atoms with Gasteiger partial charge in [-0.1, -0.05) is 119 Å². The van der Waals surface area contributed by atoms with Crippen LogP contribution in [0.4, 0.5) is 45.5 Å². The number of hydrogen-bond acceptors (Lipinski definition) is 11. The number of azo groups is 2. The largest absolute Gasteiger partial charge is 1.00 e. The van der Waals surface area contributed by atoms with Crippen LogP contribution in [0.5, 0.6) is 0 Å². The summed E-state index contributed by atoms with van der Waals surface area (Å²) < 4.78 is 6.73. The van der Waals surface area contributed by atoms with Gasteiger partial charge in [0.2, 0.25) is 0 Å². The zero-order valence-electron chi connectivity index (χ0n) is 57.5. The molecule has 98 heavy (non-hydrogen) atoms. The van der Waals surface area contributed by atoms with Crippen molar-refractivity contribution in [2.24, 2.45) is 30.7 Å². The summed E-state index contributed by atoms with van der Waals surface area (Å²) in [6.45, 7) is 15.3. The normalized spacial score (nSPS) is 10.8. The van der Waals surface area contributed by atoms with Crippen LogP contribution in [0.3, 0.4) is 0 Å². The average molecular weight is 1570 g/mol. The number of alkyl halides is 1. The number of benzene rings is 6. The molecule has 0 aliphatic rings. The molecule has 10 rings (SSSR count). The van der Waals surface area contributed by atoms with Gasteiger partial charge in [0, 0.05) is 136 Å². The molecular weight excluding hydrogens is 1480 g/mol. The molecule has 0 N–H and O–H groups in total. The monoisotopic (exact) mass is 1570 g/mol. The van der Waals surface area contributed by atoms with Crippen LogP contribution in [0.15, 0.2) is 286 Å². The van der Waals surface area contributed by atoms with Gasteiger partial charge < -0.3 is 60.7 Å². The molecule has 0 saturated carbocycles. The molecule has 0 aliphatic carbocycles. The number of unbranched alkanes of at least 4 members (excludes halogenated alkanes) is 6. The smallest absolute Gasteiger partial charge is 0.171 e. The van der Waals surface area contributed by atoms with Crippen molar-refractivity contribution in [2.75, 3.05) is 52.3 Å². The maximum absolute atomic E-state index is 4.56. The summed E-state index contributed by atoms with van der Waals surface area (Å²) >= 11 is 3.47. The number of hydrogen-bond donors (Lipinski definition) is 0. The Labute approximate surface area is 622 Å². The van der Waals surface area contributed by atoms with Crippen LogP contribution in [0, 0.1) is 13.8 Å². The second kappa shape index (κ2) is 46.0. The second-order valence-electron chi connectivity index (χ2n) is 23.3. The van der Waals surface area contributed by atoms with Gasteiger partial charge in [-0.25, -0.2) is 13.7 Å². The number of halogens is 4. The lowest BCUT2D eigenvalue weighted by Gasteiger charge is -2.24. The highest BCUT2D eigenvalue weighted by Gasteiger charge is 2.11. The standard InChI is InChI=1S/C40H47N7.C21H22N4.C19H25BrN3.3BrH/c1-4-47(33-36-15-9-7-10-16-36)39-19-20-40(34(2)31-39)43-42-37-23-29-46(30-24-37)26-14-6-5-13-25-45-27-21-35(22-28-45)32-41-44(3)38-17-11-8-12-18-38;1-3-25(16-18-7-5-4-6-8-18)20-9-10-21(17(2)15-20)24-23-19-11-13-22-14-12-19;1-22(19-9-5-4-6-10-19)21-17-18-11-15-23(16-12-18)14-8-3-2-7-13-20;;;/h7-12,15-24,27-32H,4-6,13-14,25-26,33H2,1-3H3;4-15H,3,16H2,1-2H3;4-6,9-12,15-17H,2-3,7-8,13-14H2,1H3;3*1H/q+2;;+1;;;/p-3. The number of hydrazone groups is 2. The lowest BCUT2D eigenvalue weighted by Crippen LogP contribution is -3.00. The first-order valence-electron chi connectivity index (χ1n) is 33.3. The molecule has 10 aromatic rings. The molecule has 0 amide bonds. The number of para-hydroxylation sites is 2. The molecule has 512 valence electrons. The average Bonchev–Trinajstić information content (AvgIpc) is 1.18. The van der Waals surface area contributed by atoms with Crippen LogP contribution in [0.2, 0.25) is 0 Å². The van der Waals surface area contributed by atoms with Crippen molar-refractivity contribution >= 4 is 73.9 Å². The first kappa shape index (κ1) is 80.3. The molecule has 0 radical (unpaired) electrons. The van der Waals surface area contributed by atoms with Gasteiger partial charge in [-0.2, -0.15) is 30.7 Å². The summed E-state index contributed by atoms with van der Waals surface area (Å²) in [5, 5.41) is 31.6. The minimum atomic E-state index is 0. The number of anilines is 4. The number of pyridine rings is 4. The maximum atomic E-state index is 4.56. The number of aryl methyl sites for hydroxylation is 5. The second-order valence-corrected chi connectivity index (χ2v) is 24.1. The number of nitrogens with zero attached hydrogens (tertiary/aromatic N) is 14. The van der Waals surface area contributed by atoms with Gasteiger partial charge in [0.15, 0.2) is 37.2 Å². The summed E-state index contributed by atoms with van der Waals surface area (Å²) in [5.41, 5.74) is 15.1. The zero-order chi connectivity index (χ0) is 66.5. The quantitative estimate of drug-likeness (QED) is 0.0107. The summed E-state index contributed by atoms with van der Waals surface area (Å²) in [6.07, 6.45) is 29.8. The lowest BCUT2D eigenvalue weighted by molar-refractivity contribution is -0.698. The summed E-state index contributed by atoms with van der Waals surface area (Å²) in [5.74, 6) is 0. The predicted molar refractivity (Wildman–Crippen MR) is 397 cm³/mol. The van der Waals surface area contributed by atoms with Gasteiger partial charge in [0.25, 0.3) is 0 Å². The summed E-state index contributed by atoms with van der Waals surface area (Å²) in [7, 11) is 3.92. The number of rotatable bonds is 31. The Morgan fingerprint density at radius 2 is 0.735 bits per heavy atom. The Balaban J connectivity index is 0.000000287. The van der Waals surface area contributed by atoms with Gasteiger partial charge in [0.1, 0.15) is 19.6 Å². The van der Waals surface area contributed by atoms with Gasteiger partial charge in [-0.3, -0.25) is 15.0 Å². The minimum Gasteiger partial charge on any atom is -1.00 e. The first-order chi connectivity index (χ1) is 46.6. The van der Waals surface area contributed by atoms with E-state index >= 15 is 0 Å². The minimum absolute atomic E-state index is 0. The van der Waals surface area contributed by atoms with E-state index < -0.39 is 0 Å². The summed E-state index contributed by atoms with van der Waals surface area (Å²) in [4.78, 5) is 8.71. The van der Waals surface area contributed by atoms with E-state index in [2.05, 4.69) is 261 Å². The fourth-order valence-corrected chi connectivity index (χ4v) is 10.8. The molecule has 0 aliphatic heterocycles. The Morgan fingerprint density at radius 3 is 1.09 bits per heavy atom. The van der Waals surface area contributed by atoms with Crippen molar-refractivity contribution in [1.82, 2.24) is 4.98 Å². The van der Waals surface area contributed by atoms with Crippen molar-refractivity contribution in [1.29, 1.82) is 0 Å². The Bertz CT molecular complexity index is 3890. The van der Waals surface area contributed by atoms with E-state index in [9.17, 15) is 0 Å². The van der Waals surface area contributed by atoms with E-state index in [4.69, 9.17) is 0 Å². The SMILES string of the molecule is CCN(Cc1ccccc1)c1ccc(N=Nc2cc[n+](CCCCCC[n+]3ccc(/C=N\N(C)c4ccccc4)cc3)cc2)c(C)c1.CCN(Cc1ccccc1)c1ccc(N=Nc2ccncc2)c(C)c1.CN(/N=C/c1cc[n+](CCCCCCBr)cc1)c1ccccc1.[Br-].[Br-].[Br-]. The molecule has 6 aromatic carbocycles. The molecular formula is C80H94Br4N14. The van der Waals surface area contributed by atoms with Crippen molar-refractivity contribution in [3.63, 3.8) is 0 Å². The van der Waals surface area contributed by atoms with E-state index in [1.165, 1.54) is 67.4 Å². The fourth-order valence-electron chi connectivity index (χ4n) is 10.4. The highest BCUT2D eigenvalue weighted by Crippen LogP contribution is 2.29. The van der Waals surface area contributed by atoms with Crippen LogP contribution in [-0.2, 0) is 32.7 Å². The maximum Gasteiger partial charge on any atom is 0.171 e. The number of aromatic nitrogens is 4. The fraction of sp³-hybridized carbons (Fsp3) is 0.275. The molecule has 18 heteroatoms. The summed E-state index contributed by atoms with van der Waals surface area (Å²) in [6, 6.07) is 70.4. The van der Waals surface area contributed by atoms with Gasteiger partial charge in [-0.05, 0) is 148 Å². The molecule has 0 unspecified atom stereocenters. The van der Waals surface area contributed by atoms with Crippen molar-refractivity contribution in [3.05, 3.63) is 289 Å². The Morgan fingerprint density at radius 1 is 0.388 bits per heavy atom. The Kier molecular flexibility index (Phi) is 37.6. The molecule has 0 atom stereocenters. The van der Waals surface area contributed by atoms with E-state index in [0.29, 0.717) is 0 Å². The van der Waals surface area contributed by atoms with Crippen molar-refractivity contribution in [3.8, 4) is 0 Å². The predicted octanol–water partition coefficient (Wildman–Crippen LogP) is 9.99. The zero-order valence-corrected chi connectivity index (χ0v) is 63.8. The van der Waals surface area contributed by atoms with Crippen LogP contribution < -0.4 is 84.5 Å². The van der Waals surface area contributed by atoms with Gasteiger partial charge >= 0.3 is 0 Å². The molecule has 0 fully saturated rings. The van der Waals surface area contributed by atoms with Gasteiger partial charge in [-0.15, -0.1) is 0 Å². The van der Waals surface area contributed by atoms with Crippen molar-refractivity contribution in [2.45, 2.75) is 112 Å². The van der Waals surface area contributed by atoms with Crippen LogP contribution >= 0.6 is 15.9 Å². The van der Waals surface area contributed by atoms with E-state index in [1.807, 2.05) is 121 Å². The lowest BCUT2D eigenvalue weighted by atomic mass is 10.1. The third kappa shape index (κ3) is 28.6. The van der Waals surface area contributed by atoms with Crippen molar-refractivity contribution < 1.29 is 64.6 Å². The van der Waals surface area contributed by atoms with Crippen LogP contribution in [0.1, 0.15) is 98.6 Å². The van der Waals surface area contributed by atoms with E-state index in [-0.39, 0.29) is 50.9 Å². The molecule has 14 nitrogen and oxygen atoms in total. The molecule has 0 spiro atoms. The molecule has 0 bridgehead atoms. The first-order valence-corrected chi connectivity index (χ1v) is 34.5. The topological polar surface area (TPSA) is 112 Å². The van der Waals surface area contributed by atoms with Gasteiger partial charge in [0.05, 0.1) is 46.6 Å². The molecule has 4 aromatic heterocycles. The van der Waals surface area contributed by atoms with Crippen LogP contribution in [-0.4, -0.2) is 49.9 Å². The third-order valence-corrected chi connectivity index (χ3v) is 16.7. The van der Waals surface area contributed by atoms with E-state index in [0.717, 1.165) is 114 Å².